The lowest BCUT2D eigenvalue weighted by atomic mass is 10.3. The maximum absolute atomic E-state index is 5.21. The van der Waals surface area contributed by atoms with E-state index in [9.17, 15) is 0 Å². The molecule has 0 unspecified atom stereocenters. The summed E-state index contributed by atoms with van der Waals surface area (Å²) >= 11 is 3.31. The zero-order valence-corrected chi connectivity index (χ0v) is 9.25. The Morgan fingerprint density at radius 2 is 2.00 bits per heavy atom. The first-order chi connectivity index (χ1) is 6.25. The molecule has 0 aromatic carbocycles. The van der Waals surface area contributed by atoms with Gasteiger partial charge in [-0.25, -0.2) is 0 Å². The summed E-state index contributed by atoms with van der Waals surface area (Å²) in [6.45, 7) is 4.43. The van der Waals surface area contributed by atoms with Gasteiger partial charge < -0.3 is 14.2 Å². The molecular weight excluding hydrogens is 232 g/mol. The zero-order chi connectivity index (χ0) is 9.26. The third-order valence-electron chi connectivity index (χ3n) is 2.42. The third kappa shape index (κ3) is 2.06. The summed E-state index contributed by atoms with van der Waals surface area (Å²) in [6.07, 6.45) is 1.80. The summed E-state index contributed by atoms with van der Waals surface area (Å²) in [4.78, 5) is 4.68. The Morgan fingerprint density at radius 1 is 1.31 bits per heavy atom. The Kier molecular flexibility index (Phi) is 2.60. The summed E-state index contributed by atoms with van der Waals surface area (Å²) < 4.78 is 6.01. The number of hydrogen-bond acceptors (Lipinski definition) is 3. The highest BCUT2D eigenvalue weighted by Crippen LogP contribution is 2.22. The SMILES string of the molecule is CN1CCN(c2coc(Br)c2)CC1. The van der Waals surface area contributed by atoms with Gasteiger partial charge in [0, 0.05) is 32.2 Å². The van der Waals surface area contributed by atoms with E-state index in [2.05, 4.69) is 32.8 Å². The van der Waals surface area contributed by atoms with E-state index < -0.39 is 0 Å². The van der Waals surface area contributed by atoms with Crippen molar-refractivity contribution in [3.63, 3.8) is 0 Å². The van der Waals surface area contributed by atoms with E-state index >= 15 is 0 Å². The van der Waals surface area contributed by atoms with E-state index in [1.54, 1.807) is 6.26 Å². The van der Waals surface area contributed by atoms with E-state index in [-0.39, 0.29) is 0 Å². The number of hydrogen-bond donors (Lipinski definition) is 0. The first-order valence-corrected chi connectivity index (χ1v) is 5.22. The van der Waals surface area contributed by atoms with Crippen LogP contribution < -0.4 is 4.90 Å². The van der Waals surface area contributed by atoms with Crippen molar-refractivity contribution in [2.75, 3.05) is 38.1 Å². The molecule has 1 saturated heterocycles. The van der Waals surface area contributed by atoms with Crippen molar-refractivity contribution >= 4 is 21.6 Å². The number of rotatable bonds is 1. The average molecular weight is 245 g/mol. The predicted octanol–water partition coefficient (Wildman–Crippen LogP) is 1.79. The van der Waals surface area contributed by atoms with Gasteiger partial charge >= 0.3 is 0 Å². The molecule has 0 aliphatic carbocycles. The van der Waals surface area contributed by atoms with Crippen LogP contribution in [-0.4, -0.2) is 38.1 Å². The van der Waals surface area contributed by atoms with Gasteiger partial charge in [0.2, 0.25) is 0 Å². The molecule has 1 fully saturated rings. The van der Waals surface area contributed by atoms with Crippen LogP contribution in [0.1, 0.15) is 0 Å². The molecule has 3 nitrogen and oxygen atoms in total. The van der Waals surface area contributed by atoms with Crippen LogP contribution in [0.5, 0.6) is 0 Å². The average Bonchev–Trinajstić information content (AvgIpc) is 2.53. The van der Waals surface area contributed by atoms with Crippen molar-refractivity contribution in [1.82, 2.24) is 4.90 Å². The van der Waals surface area contributed by atoms with Crippen molar-refractivity contribution in [3.8, 4) is 0 Å². The molecule has 1 aromatic heterocycles. The first-order valence-electron chi connectivity index (χ1n) is 4.43. The van der Waals surface area contributed by atoms with Crippen LogP contribution in [0.4, 0.5) is 5.69 Å². The Morgan fingerprint density at radius 3 is 2.54 bits per heavy atom. The molecule has 0 bridgehead atoms. The van der Waals surface area contributed by atoms with E-state index in [1.165, 1.54) is 5.69 Å². The Bertz CT molecular complexity index is 279. The summed E-state index contributed by atoms with van der Waals surface area (Å²) in [5.41, 5.74) is 1.18. The van der Waals surface area contributed by atoms with Crippen molar-refractivity contribution in [3.05, 3.63) is 17.0 Å². The molecule has 72 valence electrons. The van der Waals surface area contributed by atoms with Crippen LogP contribution in [0.2, 0.25) is 0 Å². The molecule has 4 heteroatoms. The topological polar surface area (TPSA) is 19.6 Å². The molecule has 0 saturated carbocycles. The quantitative estimate of drug-likeness (QED) is 0.752. The van der Waals surface area contributed by atoms with Crippen LogP contribution >= 0.6 is 15.9 Å². The lowest BCUT2D eigenvalue weighted by Gasteiger charge is -2.32. The molecule has 13 heavy (non-hydrogen) atoms. The first kappa shape index (κ1) is 9.09. The highest BCUT2D eigenvalue weighted by molar-refractivity contribution is 9.10. The van der Waals surface area contributed by atoms with Crippen molar-refractivity contribution < 1.29 is 4.42 Å². The van der Waals surface area contributed by atoms with Gasteiger partial charge in [-0.2, -0.15) is 0 Å². The minimum absolute atomic E-state index is 0.807. The minimum Gasteiger partial charge on any atom is -0.455 e. The van der Waals surface area contributed by atoms with Gasteiger partial charge in [0.1, 0.15) is 6.26 Å². The summed E-state index contributed by atoms with van der Waals surface area (Å²) in [5.74, 6) is 0. The second-order valence-corrected chi connectivity index (χ2v) is 4.18. The van der Waals surface area contributed by atoms with Gasteiger partial charge in [-0.1, -0.05) is 0 Å². The van der Waals surface area contributed by atoms with Crippen molar-refractivity contribution in [2.45, 2.75) is 0 Å². The largest absolute Gasteiger partial charge is 0.455 e. The van der Waals surface area contributed by atoms with Gasteiger partial charge in [-0.3, -0.25) is 0 Å². The fourth-order valence-corrected chi connectivity index (χ4v) is 1.86. The maximum atomic E-state index is 5.21. The predicted molar refractivity (Wildman–Crippen MR) is 56.1 cm³/mol. The molecule has 0 amide bonds. The summed E-state index contributed by atoms with van der Waals surface area (Å²) in [7, 11) is 2.16. The molecule has 1 aliphatic rings. The second kappa shape index (κ2) is 3.72. The number of nitrogens with zero attached hydrogens (tertiary/aromatic N) is 2. The summed E-state index contributed by atoms with van der Waals surface area (Å²) in [6, 6.07) is 2.02. The summed E-state index contributed by atoms with van der Waals surface area (Å²) in [5, 5.41) is 0. The Hall–Kier alpha value is -0.480. The van der Waals surface area contributed by atoms with E-state index in [1.807, 2.05) is 6.07 Å². The molecule has 1 aromatic rings. The number of likely N-dealkylation sites (N-methyl/N-ethyl adjacent to an activating group) is 1. The van der Waals surface area contributed by atoms with Crippen molar-refractivity contribution in [1.29, 1.82) is 0 Å². The highest BCUT2D eigenvalue weighted by atomic mass is 79.9. The Balaban J connectivity index is 2.02. The van der Waals surface area contributed by atoms with Gasteiger partial charge in [0.25, 0.3) is 0 Å². The molecule has 1 aliphatic heterocycles. The smallest absolute Gasteiger partial charge is 0.171 e. The normalized spacial score (nSPS) is 19.4. The lowest BCUT2D eigenvalue weighted by Crippen LogP contribution is -2.44. The number of piperazine rings is 1. The third-order valence-corrected chi connectivity index (χ3v) is 2.84. The lowest BCUT2D eigenvalue weighted by molar-refractivity contribution is 0.312. The van der Waals surface area contributed by atoms with Crippen molar-refractivity contribution in [2.24, 2.45) is 0 Å². The molecule has 0 N–H and O–H groups in total. The van der Waals surface area contributed by atoms with Gasteiger partial charge in [-0.05, 0) is 23.0 Å². The number of anilines is 1. The monoisotopic (exact) mass is 244 g/mol. The minimum atomic E-state index is 0.807. The van der Waals surface area contributed by atoms with Crippen LogP contribution in [0.25, 0.3) is 0 Å². The fourth-order valence-electron chi connectivity index (χ4n) is 1.53. The molecule has 2 rings (SSSR count). The van der Waals surface area contributed by atoms with Crippen LogP contribution in [0, 0.1) is 0 Å². The van der Waals surface area contributed by atoms with Gasteiger partial charge in [-0.15, -0.1) is 0 Å². The molecule has 0 atom stereocenters. The number of halogens is 1. The standard InChI is InChI=1S/C9H13BrN2O/c1-11-2-4-12(5-3-11)8-6-9(10)13-7-8/h6-7H,2-5H2,1H3. The van der Waals surface area contributed by atoms with Gasteiger partial charge in [0.15, 0.2) is 4.67 Å². The van der Waals surface area contributed by atoms with Crippen LogP contribution in [0.15, 0.2) is 21.4 Å². The zero-order valence-electron chi connectivity index (χ0n) is 7.66. The highest BCUT2D eigenvalue weighted by Gasteiger charge is 2.15. The molecule has 0 spiro atoms. The van der Waals surface area contributed by atoms with Gasteiger partial charge in [0.05, 0.1) is 5.69 Å². The fraction of sp³-hybridized carbons (Fsp3) is 0.556. The maximum Gasteiger partial charge on any atom is 0.171 e. The molecular formula is C9H13BrN2O. The van der Waals surface area contributed by atoms with E-state index in [0.717, 1.165) is 30.8 Å². The van der Waals surface area contributed by atoms with E-state index in [0.29, 0.717) is 0 Å². The van der Waals surface area contributed by atoms with E-state index in [4.69, 9.17) is 4.42 Å². The molecule has 2 heterocycles. The second-order valence-electron chi connectivity index (χ2n) is 3.40. The Labute approximate surface area is 86.4 Å². The molecule has 0 radical (unpaired) electrons. The van der Waals surface area contributed by atoms with Crippen LogP contribution in [-0.2, 0) is 0 Å². The number of furan rings is 1. The van der Waals surface area contributed by atoms with Crippen LogP contribution in [0.3, 0.4) is 0 Å².